The van der Waals surface area contributed by atoms with E-state index in [-0.39, 0.29) is 5.97 Å². The summed E-state index contributed by atoms with van der Waals surface area (Å²) in [5.41, 5.74) is 3.75. The maximum Gasteiger partial charge on any atom is 0.319 e. The van der Waals surface area contributed by atoms with Crippen LogP contribution in [-0.2, 0) is 16.1 Å². The van der Waals surface area contributed by atoms with E-state index >= 15 is 0 Å². The number of esters is 1. The second kappa shape index (κ2) is 6.55. The minimum Gasteiger partial charge on any atom is -0.468 e. The average Bonchev–Trinajstić information content (AvgIpc) is 2.26. The highest BCUT2D eigenvalue weighted by atomic mass is 16.5. The van der Waals surface area contributed by atoms with Gasteiger partial charge in [0.2, 0.25) is 0 Å². The lowest BCUT2D eigenvalue weighted by atomic mass is 10.1. The number of carbonyl (C=O) groups excluding carboxylic acids is 1. The zero-order valence-corrected chi connectivity index (χ0v) is 12.0. The highest BCUT2D eigenvalue weighted by molar-refractivity contribution is 5.71. The highest BCUT2D eigenvalue weighted by Crippen LogP contribution is 2.13. The summed E-state index contributed by atoms with van der Waals surface area (Å²) in [6.07, 6.45) is 0. The van der Waals surface area contributed by atoms with Crippen molar-refractivity contribution in [3.8, 4) is 0 Å². The SMILES string of the molecule is COC(=O)CN(Cc1cc(C)cc(C)c1)C(C)C. The molecule has 0 saturated heterocycles. The molecule has 0 saturated carbocycles. The zero-order valence-electron chi connectivity index (χ0n) is 12.0. The summed E-state index contributed by atoms with van der Waals surface area (Å²) in [7, 11) is 1.43. The number of aryl methyl sites for hydroxylation is 2. The molecular weight excluding hydrogens is 226 g/mol. The van der Waals surface area contributed by atoms with Gasteiger partial charge >= 0.3 is 5.97 Å². The summed E-state index contributed by atoms with van der Waals surface area (Å²) in [5, 5.41) is 0. The predicted octanol–water partition coefficient (Wildman–Crippen LogP) is 2.69. The van der Waals surface area contributed by atoms with E-state index < -0.39 is 0 Å². The fourth-order valence-corrected chi connectivity index (χ4v) is 2.05. The maximum absolute atomic E-state index is 11.4. The molecule has 1 rings (SSSR count). The molecule has 1 aromatic carbocycles. The Bertz CT molecular complexity index is 393. The third-order valence-corrected chi connectivity index (χ3v) is 2.96. The lowest BCUT2D eigenvalue weighted by Gasteiger charge is -2.25. The first-order valence-electron chi connectivity index (χ1n) is 6.30. The fraction of sp³-hybridized carbons (Fsp3) is 0.533. The standard InChI is InChI=1S/C15H23NO2/c1-11(2)16(10-15(17)18-5)9-14-7-12(3)6-13(4)8-14/h6-8,11H,9-10H2,1-5H3. The van der Waals surface area contributed by atoms with Crippen molar-refractivity contribution in [1.29, 1.82) is 0 Å². The van der Waals surface area contributed by atoms with E-state index in [1.54, 1.807) is 0 Å². The summed E-state index contributed by atoms with van der Waals surface area (Å²) < 4.78 is 4.74. The van der Waals surface area contributed by atoms with Crippen LogP contribution in [0.15, 0.2) is 18.2 Å². The third kappa shape index (κ3) is 4.49. The molecule has 0 unspecified atom stereocenters. The van der Waals surface area contributed by atoms with Crippen molar-refractivity contribution in [2.75, 3.05) is 13.7 Å². The number of ether oxygens (including phenoxy) is 1. The Morgan fingerprint density at radius 2 is 1.78 bits per heavy atom. The number of methoxy groups -OCH3 is 1. The molecule has 0 atom stereocenters. The molecule has 0 amide bonds. The number of nitrogens with zero attached hydrogens (tertiary/aromatic N) is 1. The van der Waals surface area contributed by atoms with Gasteiger partial charge in [-0.2, -0.15) is 0 Å². The van der Waals surface area contributed by atoms with Gasteiger partial charge in [0.15, 0.2) is 0 Å². The van der Waals surface area contributed by atoms with Crippen LogP contribution in [0.5, 0.6) is 0 Å². The van der Waals surface area contributed by atoms with Crippen LogP contribution in [0.3, 0.4) is 0 Å². The van der Waals surface area contributed by atoms with Crippen LogP contribution >= 0.6 is 0 Å². The topological polar surface area (TPSA) is 29.5 Å². The summed E-state index contributed by atoms with van der Waals surface area (Å²) in [6.45, 7) is 9.47. The van der Waals surface area contributed by atoms with Crippen LogP contribution in [0.4, 0.5) is 0 Å². The zero-order chi connectivity index (χ0) is 13.7. The average molecular weight is 249 g/mol. The van der Waals surface area contributed by atoms with E-state index in [0.29, 0.717) is 12.6 Å². The van der Waals surface area contributed by atoms with Crippen molar-refractivity contribution in [2.24, 2.45) is 0 Å². The molecule has 0 radical (unpaired) electrons. The fourth-order valence-electron chi connectivity index (χ4n) is 2.05. The second-order valence-electron chi connectivity index (χ2n) is 5.07. The van der Waals surface area contributed by atoms with Gasteiger partial charge in [-0.3, -0.25) is 9.69 Å². The maximum atomic E-state index is 11.4. The molecule has 0 spiro atoms. The van der Waals surface area contributed by atoms with Gasteiger partial charge in [0, 0.05) is 12.6 Å². The Balaban J connectivity index is 2.79. The van der Waals surface area contributed by atoms with E-state index in [1.807, 2.05) is 0 Å². The number of rotatable bonds is 5. The van der Waals surface area contributed by atoms with Crippen molar-refractivity contribution in [3.63, 3.8) is 0 Å². The number of carbonyl (C=O) groups is 1. The minimum absolute atomic E-state index is 0.187. The van der Waals surface area contributed by atoms with Crippen LogP contribution < -0.4 is 0 Å². The summed E-state index contributed by atoms with van der Waals surface area (Å²) in [5.74, 6) is -0.187. The van der Waals surface area contributed by atoms with Crippen molar-refractivity contribution in [1.82, 2.24) is 4.90 Å². The van der Waals surface area contributed by atoms with Crippen LogP contribution in [0, 0.1) is 13.8 Å². The molecule has 0 heterocycles. The van der Waals surface area contributed by atoms with Gasteiger partial charge in [-0.1, -0.05) is 29.3 Å². The molecule has 1 aromatic rings. The largest absolute Gasteiger partial charge is 0.468 e. The monoisotopic (exact) mass is 249 g/mol. The van der Waals surface area contributed by atoms with Gasteiger partial charge in [-0.05, 0) is 33.3 Å². The number of benzene rings is 1. The van der Waals surface area contributed by atoms with Crippen molar-refractivity contribution < 1.29 is 9.53 Å². The second-order valence-corrected chi connectivity index (χ2v) is 5.07. The smallest absolute Gasteiger partial charge is 0.319 e. The molecule has 0 fully saturated rings. The molecule has 3 heteroatoms. The minimum atomic E-state index is -0.187. The van der Waals surface area contributed by atoms with E-state index in [4.69, 9.17) is 4.74 Å². The normalized spacial score (nSPS) is 11.1. The molecule has 0 aliphatic heterocycles. The van der Waals surface area contributed by atoms with Crippen LogP contribution in [0.2, 0.25) is 0 Å². The van der Waals surface area contributed by atoms with E-state index in [1.165, 1.54) is 23.8 Å². The first-order valence-corrected chi connectivity index (χ1v) is 6.30. The summed E-state index contributed by atoms with van der Waals surface area (Å²) in [4.78, 5) is 13.5. The first-order chi connectivity index (χ1) is 8.42. The van der Waals surface area contributed by atoms with Crippen LogP contribution in [-0.4, -0.2) is 30.6 Å². The van der Waals surface area contributed by atoms with E-state index in [9.17, 15) is 4.79 Å². The molecule has 0 bridgehead atoms. The summed E-state index contributed by atoms with van der Waals surface area (Å²) in [6, 6.07) is 6.80. The van der Waals surface area contributed by atoms with Gasteiger partial charge in [-0.15, -0.1) is 0 Å². The van der Waals surface area contributed by atoms with Gasteiger partial charge in [0.1, 0.15) is 0 Å². The van der Waals surface area contributed by atoms with Gasteiger partial charge in [0.05, 0.1) is 13.7 Å². The Morgan fingerprint density at radius 1 is 1.22 bits per heavy atom. The van der Waals surface area contributed by atoms with E-state index in [0.717, 1.165) is 6.54 Å². The molecule has 0 aliphatic carbocycles. The highest BCUT2D eigenvalue weighted by Gasteiger charge is 2.14. The molecule has 0 aliphatic rings. The molecule has 100 valence electrons. The predicted molar refractivity (Wildman–Crippen MR) is 73.5 cm³/mol. The van der Waals surface area contributed by atoms with Gasteiger partial charge in [-0.25, -0.2) is 0 Å². The van der Waals surface area contributed by atoms with Gasteiger partial charge in [0.25, 0.3) is 0 Å². The molecule has 0 N–H and O–H groups in total. The lowest BCUT2D eigenvalue weighted by molar-refractivity contribution is -0.142. The van der Waals surface area contributed by atoms with Crippen LogP contribution in [0.25, 0.3) is 0 Å². The van der Waals surface area contributed by atoms with E-state index in [2.05, 4.69) is 50.8 Å². The summed E-state index contributed by atoms with van der Waals surface area (Å²) >= 11 is 0. The number of hydrogen-bond donors (Lipinski definition) is 0. The van der Waals surface area contributed by atoms with Crippen molar-refractivity contribution in [2.45, 2.75) is 40.3 Å². The first kappa shape index (κ1) is 14.7. The van der Waals surface area contributed by atoms with Gasteiger partial charge < -0.3 is 4.74 Å². The quantitative estimate of drug-likeness (QED) is 0.751. The molecular formula is C15H23NO2. The molecule has 3 nitrogen and oxygen atoms in total. The Morgan fingerprint density at radius 3 is 2.22 bits per heavy atom. The Labute approximate surface area is 110 Å². The lowest BCUT2D eigenvalue weighted by Crippen LogP contribution is -2.35. The Kier molecular flexibility index (Phi) is 5.35. The number of hydrogen-bond acceptors (Lipinski definition) is 3. The van der Waals surface area contributed by atoms with Crippen LogP contribution in [0.1, 0.15) is 30.5 Å². The molecule has 18 heavy (non-hydrogen) atoms. The molecule has 0 aromatic heterocycles. The Hall–Kier alpha value is -1.35. The van der Waals surface area contributed by atoms with Crippen molar-refractivity contribution >= 4 is 5.97 Å². The third-order valence-electron chi connectivity index (χ3n) is 2.96. The van der Waals surface area contributed by atoms with Crippen molar-refractivity contribution in [3.05, 3.63) is 34.9 Å².